The van der Waals surface area contributed by atoms with Crippen LogP contribution < -0.4 is 5.32 Å². The van der Waals surface area contributed by atoms with Gasteiger partial charge in [-0.15, -0.1) is 12.4 Å². The molecule has 1 heterocycles. The van der Waals surface area contributed by atoms with Crippen LogP contribution in [0.25, 0.3) is 0 Å². The molecule has 0 radical (unpaired) electrons. The molecule has 4 nitrogen and oxygen atoms in total. The summed E-state index contributed by atoms with van der Waals surface area (Å²) in [4.78, 5) is -0.0291. The minimum atomic E-state index is -3.66. The summed E-state index contributed by atoms with van der Waals surface area (Å²) in [6, 6.07) is 3.29. The molecule has 1 fully saturated rings. The molecular formula is C12H17Cl2FN2O2S. The molecule has 2 rings (SSSR count). The molecule has 8 heteroatoms. The average Bonchev–Trinajstić information content (AvgIpc) is 2.78. The Morgan fingerprint density at radius 3 is 2.80 bits per heavy atom. The molecular weight excluding hydrogens is 326 g/mol. The molecule has 1 atom stereocenters. The number of nitrogens with one attached hydrogen (secondary N) is 1. The molecule has 1 aliphatic heterocycles. The van der Waals surface area contributed by atoms with Gasteiger partial charge in [-0.1, -0.05) is 11.6 Å². The smallest absolute Gasteiger partial charge is 0.244 e. The second kappa shape index (κ2) is 7.04. The van der Waals surface area contributed by atoms with Gasteiger partial charge in [-0.25, -0.2) is 12.8 Å². The summed E-state index contributed by atoms with van der Waals surface area (Å²) in [5.74, 6) is -0.544. The summed E-state index contributed by atoms with van der Waals surface area (Å²) in [7, 11) is -1.88. The van der Waals surface area contributed by atoms with Crippen LogP contribution >= 0.6 is 24.0 Å². The van der Waals surface area contributed by atoms with Crippen molar-refractivity contribution in [1.29, 1.82) is 0 Å². The zero-order valence-electron chi connectivity index (χ0n) is 11.0. The van der Waals surface area contributed by atoms with Gasteiger partial charge in [-0.3, -0.25) is 0 Å². The van der Waals surface area contributed by atoms with Crippen molar-refractivity contribution in [2.45, 2.75) is 23.8 Å². The highest BCUT2D eigenvalue weighted by molar-refractivity contribution is 7.89. The number of nitrogens with zero attached hydrogens (tertiary/aromatic N) is 1. The van der Waals surface area contributed by atoms with E-state index in [0.717, 1.165) is 25.0 Å². The van der Waals surface area contributed by atoms with Crippen LogP contribution in [0.15, 0.2) is 23.1 Å². The number of sulfonamides is 1. The molecule has 1 aliphatic rings. The molecule has 0 amide bonds. The van der Waals surface area contributed by atoms with Gasteiger partial charge in [0.1, 0.15) is 10.7 Å². The molecule has 0 bridgehead atoms. The monoisotopic (exact) mass is 342 g/mol. The van der Waals surface area contributed by atoms with Gasteiger partial charge in [-0.05, 0) is 38.1 Å². The molecule has 1 saturated heterocycles. The lowest BCUT2D eigenvalue weighted by atomic mass is 10.2. The number of hydrogen-bond acceptors (Lipinski definition) is 3. The Balaban J connectivity index is 0.00000200. The van der Waals surface area contributed by atoms with E-state index in [9.17, 15) is 12.8 Å². The van der Waals surface area contributed by atoms with Gasteiger partial charge < -0.3 is 5.32 Å². The Hall–Kier alpha value is -0.400. The third-order valence-corrected chi connectivity index (χ3v) is 5.68. The van der Waals surface area contributed by atoms with Gasteiger partial charge >= 0.3 is 0 Å². The molecule has 0 saturated carbocycles. The average molecular weight is 343 g/mol. The molecule has 0 aliphatic carbocycles. The summed E-state index contributed by atoms with van der Waals surface area (Å²) in [5, 5.41) is 2.91. The fourth-order valence-corrected chi connectivity index (χ4v) is 4.58. The highest BCUT2D eigenvalue weighted by Gasteiger charge is 2.35. The maximum atomic E-state index is 13.0. The minimum Gasteiger partial charge on any atom is -0.318 e. The molecule has 1 aromatic carbocycles. The van der Waals surface area contributed by atoms with Crippen LogP contribution in [0.4, 0.5) is 4.39 Å². The van der Waals surface area contributed by atoms with Gasteiger partial charge in [0.05, 0.1) is 5.02 Å². The van der Waals surface area contributed by atoms with E-state index in [1.54, 1.807) is 7.05 Å². The number of halogens is 3. The normalized spacial score (nSPS) is 19.9. The van der Waals surface area contributed by atoms with Crippen LogP contribution in [0.2, 0.25) is 5.02 Å². The Morgan fingerprint density at radius 2 is 2.20 bits per heavy atom. The minimum absolute atomic E-state index is 0. The van der Waals surface area contributed by atoms with Crippen LogP contribution in [0.5, 0.6) is 0 Å². The molecule has 1 N–H and O–H groups in total. The van der Waals surface area contributed by atoms with E-state index in [1.807, 2.05) is 0 Å². The van der Waals surface area contributed by atoms with Crippen LogP contribution in [-0.4, -0.2) is 38.9 Å². The maximum Gasteiger partial charge on any atom is 0.244 e. The first kappa shape index (κ1) is 17.7. The fourth-order valence-electron chi connectivity index (χ4n) is 2.38. The molecule has 114 valence electrons. The lowest BCUT2D eigenvalue weighted by Gasteiger charge is -2.24. The molecule has 0 spiro atoms. The van der Waals surface area contributed by atoms with Crippen LogP contribution in [-0.2, 0) is 10.0 Å². The predicted octanol–water partition coefficient (Wildman–Crippen LogP) is 2.27. The van der Waals surface area contributed by atoms with E-state index >= 15 is 0 Å². The van der Waals surface area contributed by atoms with Crippen molar-refractivity contribution in [1.82, 2.24) is 9.62 Å². The summed E-state index contributed by atoms with van der Waals surface area (Å²) in [6.07, 6.45) is 1.64. The van der Waals surface area contributed by atoms with Gasteiger partial charge in [-0.2, -0.15) is 4.31 Å². The zero-order chi connectivity index (χ0) is 14.0. The summed E-state index contributed by atoms with van der Waals surface area (Å²) in [6.45, 7) is 1.07. The Kier molecular flexibility index (Phi) is 6.22. The lowest BCUT2D eigenvalue weighted by Crippen LogP contribution is -2.40. The van der Waals surface area contributed by atoms with E-state index < -0.39 is 15.8 Å². The third kappa shape index (κ3) is 3.43. The second-order valence-corrected chi connectivity index (χ2v) is 6.81. The van der Waals surface area contributed by atoms with Crippen molar-refractivity contribution in [3.05, 3.63) is 29.0 Å². The van der Waals surface area contributed by atoms with E-state index in [4.69, 9.17) is 11.6 Å². The van der Waals surface area contributed by atoms with Crippen LogP contribution in [0, 0.1) is 5.82 Å². The van der Waals surface area contributed by atoms with Crippen LogP contribution in [0.1, 0.15) is 12.8 Å². The van der Waals surface area contributed by atoms with Crippen molar-refractivity contribution in [2.75, 3.05) is 20.1 Å². The Morgan fingerprint density at radius 1 is 1.50 bits per heavy atom. The van der Waals surface area contributed by atoms with Gasteiger partial charge in [0.2, 0.25) is 10.0 Å². The highest BCUT2D eigenvalue weighted by Crippen LogP contribution is 2.30. The molecule has 1 unspecified atom stereocenters. The molecule has 0 aromatic heterocycles. The quantitative estimate of drug-likeness (QED) is 0.913. The van der Waals surface area contributed by atoms with Gasteiger partial charge in [0.15, 0.2) is 0 Å². The van der Waals surface area contributed by atoms with Crippen molar-refractivity contribution in [3.63, 3.8) is 0 Å². The highest BCUT2D eigenvalue weighted by atomic mass is 35.5. The molecule has 1 aromatic rings. The SMILES string of the molecule is CNCC1CCCN1S(=O)(=O)c1ccc(F)cc1Cl.Cl. The van der Waals surface area contributed by atoms with Crippen molar-refractivity contribution >= 4 is 34.0 Å². The first-order valence-corrected chi connectivity index (χ1v) is 7.90. The largest absolute Gasteiger partial charge is 0.318 e. The van der Waals surface area contributed by atoms with Crippen molar-refractivity contribution in [2.24, 2.45) is 0 Å². The van der Waals surface area contributed by atoms with E-state index in [-0.39, 0.29) is 28.4 Å². The summed E-state index contributed by atoms with van der Waals surface area (Å²) >= 11 is 5.86. The van der Waals surface area contributed by atoms with E-state index in [2.05, 4.69) is 5.32 Å². The number of hydrogen-bond donors (Lipinski definition) is 1. The number of benzene rings is 1. The fraction of sp³-hybridized carbons (Fsp3) is 0.500. The summed E-state index contributed by atoms with van der Waals surface area (Å²) < 4.78 is 39.5. The second-order valence-electron chi connectivity index (χ2n) is 4.54. The topological polar surface area (TPSA) is 49.4 Å². The third-order valence-electron chi connectivity index (χ3n) is 3.24. The standard InChI is InChI=1S/C12H16ClFN2O2S.ClH/c1-15-8-10-3-2-6-16(10)19(17,18)12-5-4-9(14)7-11(12)13;/h4-5,7,10,15H,2-3,6,8H2,1H3;1H. The van der Waals surface area contributed by atoms with Crippen molar-refractivity contribution < 1.29 is 12.8 Å². The van der Waals surface area contributed by atoms with Gasteiger partial charge in [0, 0.05) is 19.1 Å². The van der Waals surface area contributed by atoms with Crippen molar-refractivity contribution in [3.8, 4) is 0 Å². The predicted molar refractivity (Wildman–Crippen MR) is 79.5 cm³/mol. The first-order chi connectivity index (χ1) is 8.96. The van der Waals surface area contributed by atoms with Gasteiger partial charge in [0.25, 0.3) is 0 Å². The van der Waals surface area contributed by atoms with E-state index in [1.165, 1.54) is 10.4 Å². The summed E-state index contributed by atoms with van der Waals surface area (Å²) in [5.41, 5.74) is 0. The maximum absolute atomic E-state index is 13.0. The number of likely N-dealkylation sites (N-methyl/N-ethyl adjacent to an activating group) is 1. The molecule has 20 heavy (non-hydrogen) atoms. The first-order valence-electron chi connectivity index (χ1n) is 6.08. The number of rotatable bonds is 4. The lowest BCUT2D eigenvalue weighted by molar-refractivity contribution is 0.379. The van der Waals surface area contributed by atoms with E-state index in [0.29, 0.717) is 13.1 Å². The van der Waals surface area contributed by atoms with Crippen LogP contribution in [0.3, 0.4) is 0 Å². The zero-order valence-corrected chi connectivity index (χ0v) is 13.4. The Bertz CT molecular complexity index is 569. The Labute approximate surface area is 129 Å².